The fourth-order valence-corrected chi connectivity index (χ4v) is 4.58. The largest absolute Gasteiger partial charge is 0.349 e. The van der Waals surface area contributed by atoms with Gasteiger partial charge in [0.25, 0.3) is 11.8 Å². The van der Waals surface area contributed by atoms with Gasteiger partial charge >= 0.3 is 0 Å². The predicted molar refractivity (Wildman–Crippen MR) is 129 cm³/mol. The Bertz CT molecular complexity index is 1280. The van der Waals surface area contributed by atoms with Gasteiger partial charge in [-0.1, -0.05) is 36.4 Å². The standard InChI is InChI=1S/C26H27N5O3/c32-24(11-9-18-8-10-19-5-1-2-6-20(19)15-18)28-21-7-3-4-13-30(17-21)26(34)22-16-23-25(33)27-12-14-31(23)29-22/h1-2,5-6,8-11,15-16,21H,3-4,7,12-14,17H2,(H,27,33)(H,28,32)/b11-9+. The second-order valence-corrected chi connectivity index (χ2v) is 8.79. The molecule has 8 heteroatoms. The fraction of sp³-hybridized carbons (Fsp3) is 0.308. The highest BCUT2D eigenvalue weighted by atomic mass is 16.2. The van der Waals surface area contributed by atoms with Crippen LogP contribution in [0.1, 0.15) is 45.8 Å². The monoisotopic (exact) mass is 457 g/mol. The summed E-state index contributed by atoms with van der Waals surface area (Å²) in [5, 5.41) is 12.4. The minimum absolute atomic E-state index is 0.138. The number of hydrogen-bond acceptors (Lipinski definition) is 4. The number of nitrogens with zero attached hydrogens (tertiary/aromatic N) is 3. The molecule has 8 nitrogen and oxygen atoms in total. The molecule has 3 aromatic rings. The van der Waals surface area contributed by atoms with Crippen LogP contribution < -0.4 is 10.6 Å². The molecule has 1 atom stereocenters. The van der Waals surface area contributed by atoms with E-state index in [-0.39, 0.29) is 29.5 Å². The van der Waals surface area contributed by atoms with E-state index in [2.05, 4.69) is 27.9 Å². The maximum absolute atomic E-state index is 13.1. The summed E-state index contributed by atoms with van der Waals surface area (Å²) in [7, 11) is 0. The minimum Gasteiger partial charge on any atom is -0.349 e. The number of carbonyl (C=O) groups excluding carboxylic acids is 3. The van der Waals surface area contributed by atoms with Gasteiger partial charge in [0.05, 0.1) is 6.54 Å². The Labute approximate surface area is 197 Å². The van der Waals surface area contributed by atoms with E-state index in [1.807, 2.05) is 36.4 Å². The molecule has 0 saturated carbocycles. The van der Waals surface area contributed by atoms with Gasteiger partial charge in [-0.3, -0.25) is 19.1 Å². The summed E-state index contributed by atoms with van der Waals surface area (Å²) in [5.74, 6) is -0.596. The highest BCUT2D eigenvalue weighted by Gasteiger charge is 2.28. The van der Waals surface area contributed by atoms with E-state index in [1.165, 1.54) is 0 Å². The molecule has 3 heterocycles. The molecule has 1 fully saturated rings. The third-order valence-electron chi connectivity index (χ3n) is 6.35. The number of carbonyl (C=O) groups is 3. The Morgan fingerprint density at radius 3 is 2.76 bits per heavy atom. The van der Waals surface area contributed by atoms with Crippen molar-refractivity contribution in [1.29, 1.82) is 0 Å². The summed E-state index contributed by atoms with van der Waals surface area (Å²) in [6.45, 7) is 2.08. The lowest BCUT2D eigenvalue weighted by molar-refractivity contribution is -0.117. The lowest BCUT2D eigenvalue weighted by atomic mass is 10.1. The van der Waals surface area contributed by atoms with Crippen molar-refractivity contribution in [2.45, 2.75) is 31.8 Å². The molecule has 1 saturated heterocycles. The van der Waals surface area contributed by atoms with Crippen molar-refractivity contribution in [2.24, 2.45) is 0 Å². The molecule has 1 unspecified atom stereocenters. The molecule has 3 amide bonds. The van der Waals surface area contributed by atoms with Gasteiger partial charge in [-0.2, -0.15) is 5.10 Å². The van der Waals surface area contributed by atoms with Crippen molar-refractivity contribution >= 4 is 34.6 Å². The second kappa shape index (κ2) is 9.51. The van der Waals surface area contributed by atoms with Gasteiger partial charge in [0, 0.05) is 37.8 Å². The van der Waals surface area contributed by atoms with E-state index < -0.39 is 0 Å². The molecule has 2 aromatic carbocycles. The van der Waals surface area contributed by atoms with Crippen molar-refractivity contribution in [3.05, 3.63) is 71.6 Å². The zero-order valence-electron chi connectivity index (χ0n) is 18.9. The molecule has 0 aliphatic carbocycles. The molecular weight excluding hydrogens is 430 g/mol. The van der Waals surface area contributed by atoms with Crippen LogP contribution in [0.3, 0.4) is 0 Å². The van der Waals surface area contributed by atoms with E-state index in [0.717, 1.165) is 35.6 Å². The van der Waals surface area contributed by atoms with Gasteiger partial charge in [0.2, 0.25) is 5.91 Å². The Balaban J connectivity index is 1.23. The topological polar surface area (TPSA) is 96.3 Å². The molecule has 0 bridgehead atoms. The van der Waals surface area contributed by atoms with E-state index in [4.69, 9.17) is 0 Å². The molecule has 34 heavy (non-hydrogen) atoms. The third kappa shape index (κ3) is 4.71. The van der Waals surface area contributed by atoms with Crippen LogP contribution in [0.15, 0.2) is 54.6 Å². The third-order valence-corrected chi connectivity index (χ3v) is 6.35. The number of amides is 3. The van der Waals surface area contributed by atoms with Crippen LogP contribution in [0.4, 0.5) is 0 Å². The summed E-state index contributed by atoms with van der Waals surface area (Å²) >= 11 is 0. The van der Waals surface area contributed by atoms with Gasteiger partial charge in [0.1, 0.15) is 5.69 Å². The SMILES string of the molecule is O=C(/C=C/c1ccc2ccccc2c1)NC1CCCCN(C(=O)c2cc3n(n2)CCNC3=O)C1. The lowest BCUT2D eigenvalue weighted by Gasteiger charge is -2.24. The van der Waals surface area contributed by atoms with Gasteiger partial charge < -0.3 is 15.5 Å². The molecular formula is C26H27N5O3. The normalized spacial score (nSPS) is 18.4. The van der Waals surface area contributed by atoms with E-state index >= 15 is 0 Å². The Morgan fingerprint density at radius 1 is 1.06 bits per heavy atom. The van der Waals surface area contributed by atoms with E-state index in [1.54, 1.807) is 21.7 Å². The van der Waals surface area contributed by atoms with Crippen LogP contribution in [-0.2, 0) is 11.3 Å². The highest BCUT2D eigenvalue weighted by molar-refractivity contribution is 5.98. The number of aromatic nitrogens is 2. The van der Waals surface area contributed by atoms with Crippen LogP contribution in [0.25, 0.3) is 16.8 Å². The first-order valence-corrected chi connectivity index (χ1v) is 11.7. The molecule has 0 spiro atoms. The van der Waals surface area contributed by atoms with Gasteiger partial charge in [-0.15, -0.1) is 0 Å². The first-order valence-electron chi connectivity index (χ1n) is 11.7. The summed E-state index contributed by atoms with van der Waals surface area (Å²) in [6.07, 6.45) is 5.94. The van der Waals surface area contributed by atoms with Crippen LogP contribution in [-0.4, -0.2) is 58.1 Å². The predicted octanol–water partition coefficient (Wildman–Crippen LogP) is 2.60. The highest BCUT2D eigenvalue weighted by Crippen LogP contribution is 2.18. The Hall–Kier alpha value is -3.94. The molecule has 1 aromatic heterocycles. The van der Waals surface area contributed by atoms with E-state index in [9.17, 15) is 14.4 Å². The smallest absolute Gasteiger partial charge is 0.274 e. The van der Waals surface area contributed by atoms with Crippen molar-refractivity contribution < 1.29 is 14.4 Å². The molecule has 174 valence electrons. The van der Waals surface area contributed by atoms with Crippen molar-refractivity contribution in [1.82, 2.24) is 25.3 Å². The average molecular weight is 458 g/mol. The van der Waals surface area contributed by atoms with Crippen LogP contribution in [0.2, 0.25) is 0 Å². The number of rotatable bonds is 4. The van der Waals surface area contributed by atoms with Crippen LogP contribution >= 0.6 is 0 Å². The second-order valence-electron chi connectivity index (χ2n) is 8.79. The number of hydrogen-bond donors (Lipinski definition) is 2. The number of benzene rings is 2. The Kier molecular flexibility index (Phi) is 6.12. The van der Waals surface area contributed by atoms with Gasteiger partial charge in [-0.05, 0) is 47.7 Å². The summed E-state index contributed by atoms with van der Waals surface area (Å²) in [5.41, 5.74) is 1.64. The van der Waals surface area contributed by atoms with Crippen molar-refractivity contribution in [3.63, 3.8) is 0 Å². The number of likely N-dealkylation sites (tertiary alicyclic amines) is 1. The molecule has 2 aliphatic rings. The Morgan fingerprint density at radius 2 is 1.91 bits per heavy atom. The van der Waals surface area contributed by atoms with Gasteiger partial charge in [-0.25, -0.2) is 0 Å². The van der Waals surface area contributed by atoms with E-state index in [0.29, 0.717) is 31.9 Å². The number of nitrogens with one attached hydrogen (secondary N) is 2. The maximum Gasteiger partial charge on any atom is 0.274 e. The summed E-state index contributed by atoms with van der Waals surface area (Å²) in [4.78, 5) is 39.5. The molecule has 0 radical (unpaired) electrons. The van der Waals surface area contributed by atoms with Crippen molar-refractivity contribution in [2.75, 3.05) is 19.6 Å². The lowest BCUT2D eigenvalue weighted by Crippen LogP contribution is -2.44. The maximum atomic E-state index is 13.1. The molecule has 5 rings (SSSR count). The first kappa shape index (κ1) is 21.9. The zero-order valence-corrected chi connectivity index (χ0v) is 18.9. The van der Waals surface area contributed by atoms with Crippen LogP contribution in [0.5, 0.6) is 0 Å². The molecule has 2 aliphatic heterocycles. The number of fused-ring (bicyclic) bond motifs is 2. The zero-order chi connectivity index (χ0) is 23.5. The minimum atomic E-state index is -0.211. The summed E-state index contributed by atoms with van der Waals surface area (Å²) in [6, 6.07) is 15.6. The summed E-state index contributed by atoms with van der Waals surface area (Å²) < 4.78 is 1.58. The quantitative estimate of drug-likeness (QED) is 0.589. The van der Waals surface area contributed by atoms with Crippen molar-refractivity contribution in [3.8, 4) is 0 Å². The fourth-order valence-electron chi connectivity index (χ4n) is 4.58. The average Bonchev–Trinajstić information content (AvgIpc) is 3.16. The first-order chi connectivity index (χ1) is 16.6. The van der Waals surface area contributed by atoms with Crippen LogP contribution in [0, 0.1) is 0 Å². The molecule has 2 N–H and O–H groups in total. The van der Waals surface area contributed by atoms with Gasteiger partial charge in [0.15, 0.2) is 5.69 Å².